The molecular weight excluding hydrogens is 535 g/mol. The summed E-state index contributed by atoms with van der Waals surface area (Å²) in [6.45, 7) is 3.02. The number of nitrogens with one attached hydrogen (secondary N) is 1. The summed E-state index contributed by atoms with van der Waals surface area (Å²) in [4.78, 5) is 58.9. The van der Waals surface area contributed by atoms with Gasteiger partial charge < -0.3 is 23.9 Å². The first-order valence-electron chi connectivity index (χ1n) is 10.1. The minimum atomic E-state index is -5.53. The smallest absolute Gasteiger partial charge is 0.348 e. The van der Waals surface area contributed by atoms with E-state index >= 15 is 0 Å². The fourth-order valence-corrected chi connectivity index (χ4v) is 6.51. The highest BCUT2D eigenvalue weighted by atomic mass is 31.3. The lowest BCUT2D eigenvalue weighted by atomic mass is 10.2. The number of H-pyrrole nitrogens is 1. The zero-order valence-electron chi connectivity index (χ0n) is 18.9. The average Bonchev–Trinajstić information content (AvgIpc) is 3.10. The van der Waals surface area contributed by atoms with Crippen molar-refractivity contribution in [2.75, 3.05) is 13.7 Å². The van der Waals surface area contributed by atoms with Crippen molar-refractivity contribution in [3.05, 3.63) is 43.0 Å². The summed E-state index contributed by atoms with van der Waals surface area (Å²) < 4.78 is 50.0. The number of nitrogens with zero attached hydrogens (tertiary/aromatic N) is 4. The molecule has 2 rings (SSSR count). The van der Waals surface area contributed by atoms with Crippen LogP contribution in [0.25, 0.3) is 10.4 Å². The third kappa shape index (κ3) is 7.77. The molecule has 0 spiro atoms. The van der Waals surface area contributed by atoms with Gasteiger partial charge in [-0.05, 0) is 18.9 Å². The summed E-state index contributed by atoms with van der Waals surface area (Å²) in [5.41, 5.74) is 5.04. The first-order chi connectivity index (χ1) is 16.3. The Morgan fingerprint density at radius 2 is 2.06 bits per heavy atom. The molecule has 35 heavy (non-hydrogen) atoms. The summed E-state index contributed by atoms with van der Waals surface area (Å²) in [5.74, 6) is -1.77. The molecule has 1 aliphatic rings. The molecule has 20 heteroatoms. The van der Waals surface area contributed by atoms with Crippen LogP contribution >= 0.6 is 24.0 Å². The van der Waals surface area contributed by atoms with Crippen LogP contribution in [0.3, 0.4) is 0 Å². The van der Waals surface area contributed by atoms with E-state index < -0.39 is 59.5 Å². The quantitative estimate of drug-likeness (QED) is 0.0892. The standard InChI is InChI=1S/C15H26N5O12P3/c1-4-5-6-7-29-34(24,25)32-35(26,27)31-15(18-19-16)8-11(30-13(15)33(23)28-3)20-9-10(2)12(21)17-14(20)22/h9,11,13,23H,4-8H2,1-3H3,(H,24,25)(H,26,27)(H,17,21,22)/t11-,13-,15+,33?/m1/s1. The number of hydrogen-bond acceptors (Lipinski definition) is 11. The van der Waals surface area contributed by atoms with Gasteiger partial charge >= 0.3 is 21.3 Å². The first kappa shape index (κ1) is 29.8. The van der Waals surface area contributed by atoms with Crippen molar-refractivity contribution >= 4 is 24.0 Å². The van der Waals surface area contributed by atoms with Crippen LogP contribution in [0.5, 0.6) is 0 Å². The second-order valence-electron chi connectivity index (χ2n) is 7.30. The van der Waals surface area contributed by atoms with Gasteiger partial charge in [0.1, 0.15) is 6.23 Å². The van der Waals surface area contributed by atoms with E-state index in [1.54, 1.807) is 0 Å². The number of azide groups is 1. The molecule has 1 aromatic rings. The Hall–Kier alpha value is -1.44. The van der Waals surface area contributed by atoms with E-state index in [0.29, 0.717) is 12.8 Å². The molecular formula is C15H26N5O12P3. The zero-order valence-corrected chi connectivity index (χ0v) is 21.6. The van der Waals surface area contributed by atoms with Gasteiger partial charge in [-0.3, -0.25) is 23.4 Å². The van der Waals surface area contributed by atoms with Crippen molar-refractivity contribution in [1.82, 2.24) is 9.55 Å². The predicted octanol–water partition coefficient (Wildman–Crippen LogP) is 2.49. The van der Waals surface area contributed by atoms with Gasteiger partial charge in [-0.2, -0.15) is 4.31 Å². The van der Waals surface area contributed by atoms with Crippen LogP contribution in [0.2, 0.25) is 0 Å². The second kappa shape index (κ2) is 12.2. The van der Waals surface area contributed by atoms with Crippen LogP contribution in [-0.2, 0) is 31.7 Å². The molecule has 1 saturated heterocycles. The van der Waals surface area contributed by atoms with E-state index in [9.17, 15) is 33.4 Å². The van der Waals surface area contributed by atoms with Gasteiger partial charge in [0.05, 0.1) is 6.61 Å². The topological polar surface area (TPSA) is 245 Å². The van der Waals surface area contributed by atoms with Crippen molar-refractivity contribution in [3.63, 3.8) is 0 Å². The van der Waals surface area contributed by atoms with Gasteiger partial charge in [0.25, 0.3) is 5.56 Å². The molecule has 0 radical (unpaired) electrons. The Kier molecular flexibility index (Phi) is 10.4. The lowest BCUT2D eigenvalue weighted by Gasteiger charge is -2.31. The Morgan fingerprint density at radius 3 is 2.66 bits per heavy atom. The lowest BCUT2D eigenvalue weighted by Crippen LogP contribution is -2.37. The van der Waals surface area contributed by atoms with Crippen molar-refractivity contribution in [2.24, 2.45) is 5.11 Å². The number of aromatic amines is 1. The van der Waals surface area contributed by atoms with Gasteiger partial charge in [0.15, 0.2) is 11.6 Å². The van der Waals surface area contributed by atoms with E-state index in [1.165, 1.54) is 6.92 Å². The van der Waals surface area contributed by atoms with Gasteiger partial charge in [0, 0.05) is 30.2 Å². The van der Waals surface area contributed by atoms with Crippen molar-refractivity contribution in [2.45, 2.75) is 57.3 Å². The average molecular weight is 561 g/mol. The van der Waals surface area contributed by atoms with E-state index in [0.717, 1.165) is 24.3 Å². The van der Waals surface area contributed by atoms with Crippen LogP contribution < -0.4 is 11.2 Å². The number of aryl methyl sites for hydroxylation is 1. The van der Waals surface area contributed by atoms with E-state index in [4.69, 9.17) is 19.3 Å². The molecule has 0 amide bonds. The van der Waals surface area contributed by atoms with Crippen molar-refractivity contribution in [1.29, 1.82) is 0 Å². The normalized spacial score (nSPS) is 26.5. The molecule has 6 atom stereocenters. The summed E-state index contributed by atoms with van der Waals surface area (Å²) >= 11 is 0. The molecule has 4 N–H and O–H groups in total. The number of phosphoric ester groups is 2. The lowest BCUT2D eigenvalue weighted by molar-refractivity contribution is -0.0189. The largest absolute Gasteiger partial charge is 0.481 e. The summed E-state index contributed by atoms with van der Waals surface area (Å²) in [6, 6.07) is 0. The molecule has 17 nitrogen and oxygen atoms in total. The molecule has 1 aromatic heterocycles. The Morgan fingerprint density at radius 1 is 1.37 bits per heavy atom. The van der Waals surface area contributed by atoms with Gasteiger partial charge in [-0.15, -0.1) is 0 Å². The SMILES string of the molecule is CCCCCOP(=O)(O)OP(=O)(O)O[C@@]1(N=[N+]=[N-])C[C@H](n2cc(C)c(=O)[nH]c2=O)O[C@@H]1P(O)OC. The highest BCUT2D eigenvalue weighted by molar-refractivity contribution is 7.61. The Labute approximate surface area is 199 Å². The van der Waals surface area contributed by atoms with E-state index in [1.807, 2.05) is 11.9 Å². The highest BCUT2D eigenvalue weighted by Crippen LogP contribution is 2.66. The Balaban J connectivity index is 2.40. The van der Waals surface area contributed by atoms with Crippen molar-refractivity contribution < 1.29 is 46.4 Å². The number of aromatic nitrogens is 2. The maximum Gasteiger partial charge on any atom is 0.481 e. The number of ether oxygens (including phenoxy) is 1. The van der Waals surface area contributed by atoms with Crippen LogP contribution in [0.15, 0.2) is 20.9 Å². The number of hydrogen-bond donors (Lipinski definition) is 4. The predicted molar refractivity (Wildman–Crippen MR) is 120 cm³/mol. The monoisotopic (exact) mass is 561 g/mol. The maximum absolute atomic E-state index is 12.6. The molecule has 0 bridgehead atoms. The molecule has 0 aliphatic carbocycles. The third-order valence-corrected chi connectivity index (χ3v) is 8.69. The zero-order chi connectivity index (χ0) is 26.4. The minimum Gasteiger partial charge on any atom is -0.348 e. The molecule has 0 aromatic carbocycles. The fourth-order valence-electron chi connectivity index (χ4n) is 3.11. The highest BCUT2D eigenvalue weighted by Gasteiger charge is 2.58. The fraction of sp³-hybridized carbons (Fsp3) is 0.733. The molecule has 2 heterocycles. The molecule has 0 saturated carbocycles. The summed E-state index contributed by atoms with van der Waals surface area (Å²) in [7, 11) is -12.2. The van der Waals surface area contributed by atoms with Gasteiger partial charge in [-0.25, -0.2) is 13.9 Å². The molecule has 198 valence electrons. The first-order valence-corrected chi connectivity index (χ1v) is 14.3. The van der Waals surface area contributed by atoms with Crippen LogP contribution in [0, 0.1) is 6.92 Å². The van der Waals surface area contributed by atoms with Crippen LogP contribution in [-0.4, -0.2) is 49.5 Å². The molecule has 1 fully saturated rings. The van der Waals surface area contributed by atoms with Crippen molar-refractivity contribution in [3.8, 4) is 0 Å². The van der Waals surface area contributed by atoms with E-state index in [-0.39, 0.29) is 12.2 Å². The summed E-state index contributed by atoms with van der Waals surface area (Å²) in [6.07, 6.45) is 0.859. The molecule has 1 aliphatic heterocycles. The van der Waals surface area contributed by atoms with Gasteiger partial charge in [-0.1, -0.05) is 24.9 Å². The van der Waals surface area contributed by atoms with Crippen LogP contribution in [0.4, 0.5) is 0 Å². The van der Waals surface area contributed by atoms with Crippen LogP contribution in [0.1, 0.15) is 44.4 Å². The number of rotatable bonds is 13. The van der Waals surface area contributed by atoms with Gasteiger partial charge in [0.2, 0.25) is 8.38 Å². The van der Waals surface area contributed by atoms with E-state index in [2.05, 4.69) is 18.9 Å². The second-order valence-corrected chi connectivity index (χ2v) is 11.7. The minimum absolute atomic E-state index is 0.0996. The maximum atomic E-state index is 12.6. The summed E-state index contributed by atoms with van der Waals surface area (Å²) in [5, 5.41) is 3.35. The number of unbranched alkanes of at least 4 members (excludes halogenated alkanes) is 2. The number of phosphoric acid groups is 2. The molecule has 3 unspecified atom stereocenters. The Bertz CT molecular complexity index is 1150. The third-order valence-electron chi connectivity index (χ3n) is 4.68.